The molecule has 0 saturated heterocycles. The van der Waals surface area contributed by atoms with Gasteiger partial charge >= 0.3 is 0 Å². The summed E-state index contributed by atoms with van der Waals surface area (Å²) in [5, 5.41) is 0. The highest BCUT2D eigenvalue weighted by Crippen LogP contribution is 2.27. The highest BCUT2D eigenvalue weighted by atomic mass is 15.2. The quantitative estimate of drug-likeness (QED) is 0.799. The molecule has 0 aliphatic heterocycles. The van der Waals surface area contributed by atoms with Gasteiger partial charge in [0, 0.05) is 18.6 Å². The van der Waals surface area contributed by atoms with E-state index < -0.39 is 0 Å². The Hall–Kier alpha value is -0.900. The lowest BCUT2D eigenvalue weighted by molar-refractivity contribution is 0.109. The zero-order valence-electron chi connectivity index (χ0n) is 14.6. The summed E-state index contributed by atoms with van der Waals surface area (Å²) in [6.07, 6.45) is 0.990. The van der Waals surface area contributed by atoms with E-state index in [1.54, 1.807) is 0 Å². The summed E-state index contributed by atoms with van der Waals surface area (Å²) < 4.78 is 0. The number of likely N-dealkylation sites (N-methyl/N-ethyl adjacent to an activating group) is 2. The van der Waals surface area contributed by atoms with Crippen molar-refractivity contribution in [2.24, 2.45) is 5.73 Å². The molecule has 0 saturated carbocycles. The first-order chi connectivity index (χ1) is 9.90. The average Bonchev–Trinajstić information content (AvgIpc) is 2.44. The molecule has 0 heterocycles. The summed E-state index contributed by atoms with van der Waals surface area (Å²) >= 11 is 0. The predicted octanol–water partition coefficient (Wildman–Crippen LogP) is 3.05. The minimum Gasteiger partial charge on any atom is -0.326 e. The molecule has 3 nitrogen and oxygen atoms in total. The van der Waals surface area contributed by atoms with E-state index in [9.17, 15) is 0 Å². The third kappa shape index (κ3) is 5.10. The number of hydrogen-bond acceptors (Lipinski definition) is 3. The first-order valence-corrected chi connectivity index (χ1v) is 8.13. The zero-order chi connectivity index (χ0) is 16.0. The molecule has 0 aromatic heterocycles. The minimum atomic E-state index is 0.164. The standard InChI is InChI=1S/C18H33N3/c1-7-17(19)18(16-11-9-14(3)10-12-16)21(8-2)15(4)13-20(5)6/h9-12,15,17-18H,7-8,13,19H2,1-6H3. The Bertz CT molecular complexity index is 399. The Morgan fingerprint density at radius 2 is 1.67 bits per heavy atom. The van der Waals surface area contributed by atoms with Crippen LogP contribution >= 0.6 is 0 Å². The van der Waals surface area contributed by atoms with Crippen molar-refractivity contribution in [3.8, 4) is 0 Å². The van der Waals surface area contributed by atoms with Crippen molar-refractivity contribution < 1.29 is 0 Å². The maximum atomic E-state index is 6.48. The number of hydrogen-bond donors (Lipinski definition) is 1. The summed E-state index contributed by atoms with van der Waals surface area (Å²) in [6.45, 7) is 10.9. The van der Waals surface area contributed by atoms with Gasteiger partial charge in [-0.3, -0.25) is 4.90 Å². The van der Waals surface area contributed by atoms with Gasteiger partial charge < -0.3 is 10.6 Å². The van der Waals surface area contributed by atoms with E-state index in [0.717, 1.165) is 19.5 Å². The van der Waals surface area contributed by atoms with Gasteiger partial charge in [-0.1, -0.05) is 43.7 Å². The fourth-order valence-electron chi connectivity index (χ4n) is 3.09. The van der Waals surface area contributed by atoms with Crippen LogP contribution < -0.4 is 5.73 Å². The van der Waals surface area contributed by atoms with Gasteiger partial charge in [0.25, 0.3) is 0 Å². The van der Waals surface area contributed by atoms with Crippen molar-refractivity contribution >= 4 is 0 Å². The third-order valence-electron chi connectivity index (χ3n) is 4.21. The smallest absolute Gasteiger partial charge is 0.0502 e. The minimum absolute atomic E-state index is 0.164. The summed E-state index contributed by atoms with van der Waals surface area (Å²) in [7, 11) is 4.26. The van der Waals surface area contributed by atoms with Gasteiger partial charge in [-0.15, -0.1) is 0 Å². The first-order valence-electron chi connectivity index (χ1n) is 8.13. The highest BCUT2D eigenvalue weighted by Gasteiger charge is 2.28. The molecule has 2 N–H and O–H groups in total. The normalized spacial score (nSPS) is 16.2. The Kier molecular flexibility index (Phi) is 7.36. The third-order valence-corrected chi connectivity index (χ3v) is 4.21. The van der Waals surface area contributed by atoms with Crippen LogP contribution in [0.25, 0.3) is 0 Å². The molecule has 21 heavy (non-hydrogen) atoms. The van der Waals surface area contributed by atoms with Crippen LogP contribution in [0.1, 0.15) is 44.4 Å². The Morgan fingerprint density at radius 1 is 1.10 bits per heavy atom. The molecule has 0 aliphatic rings. The second-order valence-electron chi connectivity index (χ2n) is 6.37. The number of benzene rings is 1. The SMILES string of the molecule is CCC(N)C(c1ccc(C)cc1)N(CC)C(C)CN(C)C. The molecular formula is C18H33N3. The summed E-state index contributed by atoms with van der Waals surface area (Å²) in [5.41, 5.74) is 9.11. The lowest BCUT2D eigenvalue weighted by Gasteiger charge is -2.40. The van der Waals surface area contributed by atoms with Crippen LogP contribution in [0.3, 0.4) is 0 Å². The molecule has 3 atom stereocenters. The highest BCUT2D eigenvalue weighted by molar-refractivity contribution is 5.25. The van der Waals surface area contributed by atoms with Crippen molar-refractivity contribution in [3.63, 3.8) is 0 Å². The molecule has 3 heteroatoms. The lowest BCUT2D eigenvalue weighted by Crippen LogP contribution is -2.48. The van der Waals surface area contributed by atoms with Gasteiger partial charge in [-0.05, 0) is 46.5 Å². The Balaban J connectivity index is 3.06. The van der Waals surface area contributed by atoms with Crippen LogP contribution in [-0.2, 0) is 0 Å². The second kappa shape index (κ2) is 8.52. The molecule has 1 aromatic rings. The van der Waals surface area contributed by atoms with Gasteiger partial charge in [0.15, 0.2) is 0 Å². The number of nitrogens with zero attached hydrogens (tertiary/aromatic N) is 2. The molecule has 0 bridgehead atoms. The van der Waals surface area contributed by atoms with E-state index in [0.29, 0.717) is 6.04 Å². The fraction of sp³-hybridized carbons (Fsp3) is 0.667. The van der Waals surface area contributed by atoms with E-state index in [4.69, 9.17) is 5.73 Å². The molecule has 0 amide bonds. The second-order valence-corrected chi connectivity index (χ2v) is 6.37. The number of aryl methyl sites for hydroxylation is 1. The zero-order valence-corrected chi connectivity index (χ0v) is 14.6. The molecule has 0 spiro atoms. The van der Waals surface area contributed by atoms with Crippen molar-refractivity contribution in [3.05, 3.63) is 35.4 Å². The molecule has 0 radical (unpaired) electrons. The van der Waals surface area contributed by atoms with Crippen molar-refractivity contribution in [1.29, 1.82) is 0 Å². The van der Waals surface area contributed by atoms with Gasteiger partial charge in [0.05, 0.1) is 6.04 Å². The van der Waals surface area contributed by atoms with Crippen LogP contribution in [0.15, 0.2) is 24.3 Å². The van der Waals surface area contributed by atoms with Crippen LogP contribution in [0.5, 0.6) is 0 Å². The summed E-state index contributed by atoms with van der Waals surface area (Å²) in [4.78, 5) is 4.79. The number of nitrogens with two attached hydrogens (primary N) is 1. The monoisotopic (exact) mass is 291 g/mol. The van der Waals surface area contributed by atoms with Gasteiger partial charge in [-0.2, -0.15) is 0 Å². The van der Waals surface area contributed by atoms with E-state index in [-0.39, 0.29) is 12.1 Å². The number of rotatable bonds is 8. The lowest BCUT2D eigenvalue weighted by atomic mass is 9.94. The summed E-state index contributed by atoms with van der Waals surface area (Å²) in [6, 6.07) is 9.78. The van der Waals surface area contributed by atoms with Crippen LogP contribution in [0, 0.1) is 6.92 Å². The van der Waals surface area contributed by atoms with Gasteiger partial charge in [-0.25, -0.2) is 0 Å². The largest absolute Gasteiger partial charge is 0.326 e. The van der Waals surface area contributed by atoms with Crippen molar-refractivity contribution in [2.75, 3.05) is 27.2 Å². The maximum Gasteiger partial charge on any atom is 0.0502 e. The Labute approximate surface area is 131 Å². The van der Waals surface area contributed by atoms with E-state index >= 15 is 0 Å². The predicted molar refractivity (Wildman–Crippen MR) is 92.6 cm³/mol. The molecule has 0 fully saturated rings. The van der Waals surface area contributed by atoms with Crippen molar-refractivity contribution in [2.45, 2.75) is 52.2 Å². The van der Waals surface area contributed by atoms with Gasteiger partial charge in [0.2, 0.25) is 0 Å². The fourth-order valence-corrected chi connectivity index (χ4v) is 3.09. The van der Waals surface area contributed by atoms with Crippen molar-refractivity contribution in [1.82, 2.24) is 9.80 Å². The summed E-state index contributed by atoms with van der Waals surface area (Å²) in [5.74, 6) is 0. The first kappa shape index (κ1) is 18.1. The van der Waals surface area contributed by atoms with E-state index in [2.05, 4.69) is 75.9 Å². The molecule has 3 unspecified atom stereocenters. The van der Waals surface area contributed by atoms with Crippen LogP contribution in [-0.4, -0.2) is 49.1 Å². The van der Waals surface area contributed by atoms with E-state index in [1.807, 2.05) is 0 Å². The van der Waals surface area contributed by atoms with Gasteiger partial charge in [0.1, 0.15) is 0 Å². The van der Waals surface area contributed by atoms with E-state index in [1.165, 1.54) is 11.1 Å². The average molecular weight is 291 g/mol. The molecular weight excluding hydrogens is 258 g/mol. The van der Waals surface area contributed by atoms with Crippen LogP contribution in [0.4, 0.5) is 0 Å². The molecule has 1 rings (SSSR count). The maximum absolute atomic E-state index is 6.48. The molecule has 0 aliphatic carbocycles. The Morgan fingerprint density at radius 3 is 2.10 bits per heavy atom. The molecule has 1 aromatic carbocycles. The van der Waals surface area contributed by atoms with Crippen LogP contribution in [0.2, 0.25) is 0 Å². The molecule has 120 valence electrons. The topological polar surface area (TPSA) is 32.5 Å².